The van der Waals surface area contributed by atoms with Gasteiger partial charge in [0.15, 0.2) is 0 Å². The van der Waals surface area contributed by atoms with Crippen LogP contribution in [0.4, 0.5) is 5.69 Å². The number of benzene rings is 2. The maximum atomic E-state index is 13.1. The largest absolute Gasteiger partial charge is 0.264 e. The van der Waals surface area contributed by atoms with E-state index in [1.165, 1.54) is 4.31 Å². The summed E-state index contributed by atoms with van der Waals surface area (Å²) in [6.07, 6.45) is 0. The van der Waals surface area contributed by atoms with Gasteiger partial charge in [0.1, 0.15) is 0 Å². The summed E-state index contributed by atoms with van der Waals surface area (Å²) in [5.74, 6) is 0. The predicted molar refractivity (Wildman–Crippen MR) is 112 cm³/mol. The molecule has 0 bridgehead atoms. The molecule has 0 saturated carbocycles. The summed E-state index contributed by atoms with van der Waals surface area (Å²) in [6.45, 7) is 7.90. The van der Waals surface area contributed by atoms with Gasteiger partial charge in [0, 0.05) is 7.14 Å². The fourth-order valence-electron chi connectivity index (χ4n) is 2.07. The van der Waals surface area contributed by atoms with E-state index in [2.05, 4.69) is 51.8 Å². The Morgan fingerprint density at radius 1 is 1.13 bits per heavy atom. The van der Waals surface area contributed by atoms with Crippen LogP contribution in [0.15, 0.2) is 59.5 Å². The van der Waals surface area contributed by atoms with E-state index < -0.39 is 10.0 Å². The van der Waals surface area contributed by atoms with Crippen LogP contribution in [0.3, 0.4) is 0 Å². The van der Waals surface area contributed by atoms with E-state index in [4.69, 9.17) is 0 Å². The molecule has 2 rings (SSSR count). The Morgan fingerprint density at radius 2 is 1.74 bits per heavy atom. The van der Waals surface area contributed by atoms with Crippen molar-refractivity contribution in [1.82, 2.24) is 0 Å². The van der Waals surface area contributed by atoms with Crippen molar-refractivity contribution < 1.29 is 8.42 Å². The van der Waals surface area contributed by atoms with Crippen LogP contribution in [0.2, 0.25) is 0 Å². The van der Waals surface area contributed by atoms with Gasteiger partial charge >= 0.3 is 0 Å². The molecular formula is C17H17I2NO2S. The lowest BCUT2D eigenvalue weighted by atomic mass is 10.2. The SMILES string of the molecule is C=C(C)CN(c1ccc(I)cc1I)S(=O)(=O)c1ccc(C)cc1. The van der Waals surface area contributed by atoms with Crippen molar-refractivity contribution in [2.45, 2.75) is 18.7 Å². The van der Waals surface area contributed by atoms with Gasteiger partial charge in [-0.1, -0.05) is 29.8 Å². The molecule has 0 radical (unpaired) electrons. The Bertz CT molecular complexity index is 830. The smallest absolute Gasteiger partial charge is 0.261 e. The summed E-state index contributed by atoms with van der Waals surface area (Å²) in [7, 11) is -3.64. The number of hydrogen-bond acceptors (Lipinski definition) is 2. The maximum absolute atomic E-state index is 13.1. The van der Waals surface area contributed by atoms with Crippen molar-refractivity contribution in [2.24, 2.45) is 0 Å². The fourth-order valence-corrected chi connectivity index (χ4v) is 5.67. The molecule has 0 aliphatic rings. The Balaban J connectivity index is 2.57. The van der Waals surface area contributed by atoms with Crippen molar-refractivity contribution in [3.63, 3.8) is 0 Å². The van der Waals surface area contributed by atoms with Crippen molar-refractivity contribution in [1.29, 1.82) is 0 Å². The van der Waals surface area contributed by atoms with Gasteiger partial charge in [-0.05, 0) is 89.4 Å². The Hall–Kier alpha value is -0.610. The summed E-state index contributed by atoms with van der Waals surface area (Å²) >= 11 is 4.39. The molecule has 2 aromatic rings. The highest BCUT2D eigenvalue weighted by molar-refractivity contribution is 14.1. The van der Waals surface area contributed by atoms with Crippen molar-refractivity contribution in [2.75, 3.05) is 10.8 Å². The lowest BCUT2D eigenvalue weighted by Crippen LogP contribution is -2.33. The molecule has 3 nitrogen and oxygen atoms in total. The third-order valence-corrected chi connectivity index (χ3v) is 6.51. The van der Waals surface area contributed by atoms with E-state index in [0.29, 0.717) is 10.6 Å². The second kappa shape index (κ2) is 7.52. The summed E-state index contributed by atoms with van der Waals surface area (Å²) in [5.41, 5.74) is 2.49. The van der Waals surface area contributed by atoms with Crippen LogP contribution in [0.5, 0.6) is 0 Å². The Labute approximate surface area is 165 Å². The first-order valence-electron chi connectivity index (χ1n) is 6.90. The average Bonchev–Trinajstić information content (AvgIpc) is 2.45. The molecule has 0 heterocycles. The first-order chi connectivity index (χ1) is 10.7. The van der Waals surface area contributed by atoms with Crippen molar-refractivity contribution in [3.8, 4) is 0 Å². The monoisotopic (exact) mass is 553 g/mol. The van der Waals surface area contributed by atoms with Gasteiger partial charge in [0.25, 0.3) is 10.0 Å². The minimum absolute atomic E-state index is 0.257. The second-order valence-corrected chi connectivity index (χ2v) is 9.65. The molecule has 0 fully saturated rings. The summed E-state index contributed by atoms with van der Waals surface area (Å²) in [5, 5.41) is 0. The van der Waals surface area contributed by atoms with Gasteiger partial charge in [-0.3, -0.25) is 4.31 Å². The van der Waals surface area contributed by atoms with Gasteiger partial charge in [-0.25, -0.2) is 8.42 Å². The fraction of sp³-hybridized carbons (Fsp3) is 0.176. The van der Waals surface area contributed by atoms with E-state index in [0.717, 1.165) is 18.3 Å². The van der Waals surface area contributed by atoms with Crippen molar-refractivity contribution >= 4 is 60.9 Å². The molecule has 0 aliphatic heterocycles. The molecule has 0 aromatic heterocycles. The number of rotatable bonds is 5. The third kappa shape index (κ3) is 4.48. The molecule has 0 aliphatic carbocycles. The summed E-state index contributed by atoms with van der Waals surface area (Å²) in [6, 6.07) is 12.6. The van der Waals surface area contributed by atoms with Crippen LogP contribution in [0.25, 0.3) is 0 Å². The Morgan fingerprint density at radius 3 is 2.26 bits per heavy atom. The van der Waals surface area contributed by atoms with Gasteiger partial charge in [0.2, 0.25) is 0 Å². The molecule has 2 aromatic carbocycles. The number of sulfonamides is 1. The number of nitrogens with zero attached hydrogens (tertiary/aromatic N) is 1. The van der Waals surface area contributed by atoms with Gasteiger partial charge in [0.05, 0.1) is 17.1 Å². The van der Waals surface area contributed by atoms with Crippen LogP contribution in [0.1, 0.15) is 12.5 Å². The molecule has 0 atom stereocenters. The zero-order chi connectivity index (χ0) is 17.2. The van der Waals surface area contributed by atoms with Gasteiger partial charge in [-0.15, -0.1) is 0 Å². The molecule has 122 valence electrons. The summed E-state index contributed by atoms with van der Waals surface area (Å²) in [4.78, 5) is 0.290. The van der Waals surface area contributed by atoms with Crippen LogP contribution in [-0.2, 0) is 10.0 Å². The number of anilines is 1. The first-order valence-corrected chi connectivity index (χ1v) is 10.5. The van der Waals surface area contributed by atoms with E-state index >= 15 is 0 Å². The zero-order valence-corrected chi connectivity index (χ0v) is 18.0. The highest BCUT2D eigenvalue weighted by atomic mass is 127. The van der Waals surface area contributed by atoms with Gasteiger partial charge in [-0.2, -0.15) is 0 Å². The molecular weight excluding hydrogens is 536 g/mol. The third-order valence-electron chi connectivity index (χ3n) is 3.20. The molecule has 0 saturated heterocycles. The molecule has 0 N–H and O–H groups in total. The second-order valence-electron chi connectivity index (χ2n) is 5.38. The van der Waals surface area contributed by atoms with Crippen molar-refractivity contribution in [3.05, 3.63) is 67.3 Å². The predicted octanol–water partition coefficient (Wildman–Crippen LogP) is 4.98. The quantitative estimate of drug-likeness (QED) is 0.388. The Kier molecular flexibility index (Phi) is 6.12. The number of hydrogen-bond donors (Lipinski definition) is 0. The zero-order valence-electron chi connectivity index (χ0n) is 12.9. The van der Waals surface area contributed by atoms with E-state index in [1.807, 2.05) is 44.2 Å². The molecule has 0 spiro atoms. The molecule has 0 unspecified atom stereocenters. The van der Waals surface area contributed by atoms with Crippen LogP contribution < -0.4 is 4.31 Å². The molecule has 23 heavy (non-hydrogen) atoms. The highest BCUT2D eigenvalue weighted by Gasteiger charge is 2.26. The minimum Gasteiger partial charge on any atom is -0.261 e. The van der Waals surface area contributed by atoms with Gasteiger partial charge < -0.3 is 0 Å². The standard InChI is InChI=1S/C17H17I2NO2S/c1-12(2)11-20(17-9-6-14(18)10-16(17)19)23(21,22)15-7-4-13(3)5-8-15/h4-10H,1,11H2,2-3H3. The van der Waals surface area contributed by atoms with Crippen LogP contribution in [0, 0.1) is 14.1 Å². The molecule has 0 amide bonds. The topological polar surface area (TPSA) is 37.4 Å². The van der Waals surface area contributed by atoms with E-state index in [9.17, 15) is 8.42 Å². The number of halogens is 2. The lowest BCUT2D eigenvalue weighted by Gasteiger charge is -2.26. The normalized spacial score (nSPS) is 11.3. The first kappa shape index (κ1) is 18.7. The minimum atomic E-state index is -3.64. The van der Waals surface area contributed by atoms with Crippen LogP contribution >= 0.6 is 45.2 Å². The van der Waals surface area contributed by atoms with E-state index in [1.54, 1.807) is 12.1 Å². The molecule has 6 heteroatoms. The maximum Gasteiger partial charge on any atom is 0.264 e. The average molecular weight is 553 g/mol. The van der Waals surface area contributed by atoms with Crippen LogP contribution in [-0.4, -0.2) is 15.0 Å². The summed E-state index contributed by atoms with van der Waals surface area (Å²) < 4.78 is 29.6. The lowest BCUT2D eigenvalue weighted by molar-refractivity contribution is 0.592. The highest BCUT2D eigenvalue weighted by Crippen LogP contribution is 2.30. The number of aryl methyl sites for hydroxylation is 1. The van der Waals surface area contributed by atoms with E-state index in [-0.39, 0.29) is 6.54 Å².